The summed E-state index contributed by atoms with van der Waals surface area (Å²) < 4.78 is 1.98. The molecule has 0 amide bonds. The fraction of sp³-hybridized carbons (Fsp3) is 0.500. The van der Waals surface area contributed by atoms with E-state index in [1.807, 2.05) is 24.0 Å². The lowest BCUT2D eigenvalue weighted by Crippen LogP contribution is -2.44. The SMILES string of the molecule is CN=C(NCc1cnn(Cc2ccccc2)c1)NC1CCC(C)CC1.I. The molecule has 0 saturated heterocycles. The van der Waals surface area contributed by atoms with Crippen molar-refractivity contribution in [3.8, 4) is 0 Å². The van der Waals surface area contributed by atoms with Gasteiger partial charge in [-0.25, -0.2) is 0 Å². The molecule has 6 heteroatoms. The maximum Gasteiger partial charge on any atom is 0.191 e. The molecule has 5 nitrogen and oxygen atoms in total. The second-order valence-corrected chi connectivity index (χ2v) is 7.06. The van der Waals surface area contributed by atoms with Crippen LogP contribution >= 0.6 is 24.0 Å². The smallest absolute Gasteiger partial charge is 0.191 e. The summed E-state index contributed by atoms with van der Waals surface area (Å²) in [5, 5.41) is 11.4. The third kappa shape index (κ3) is 6.30. The van der Waals surface area contributed by atoms with Gasteiger partial charge in [0.05, 0.1) is 12.7 Å². The molecule has 142 valence electrons. The van der Waals surface area contributed by atoms with E-state index in [4.69, 9.17) is 0 Å². The third-order valence-corrected chi connectivity index (χ3v) is 4.91. The zero-order valence-electron chi connectivity index (χ0n) is 15.7. The molecule has 0 aliphatic heterocycles. The lowest BCUT2D eigenvalue weighted by atomic mass is 9.87. The molecule has 0 bridgehead atoms. The molecular formula is C20H30IN5. The van der Waals surface area contributed by atoms with Crippen LogP contribution in [0.3, 0.4) is 0 Å². The van der Waals surface area contributed by atoms with Crippen LogP contribution in [0.5, 0.6) is 0 Å². The first kappa shape index (κ1) is 20.7. The summed E-state index contributed by atoms with van der Waals surface area (Å²) in [6.45, 7) is 3.88. The maximum absolute atomic E-state index is 4.46. The minimum absolute atomic E-state index is 0. The molecule has 3 rings (SSSR count). The summed E-state index contributed by atoms with van der Waals surface area (Å²) in [7, 11) is 1.83. The predicted molar refractivity (Wildman–Crippen MR) is 118 cm³/mol. The molecule has 1 aliphatic carbocycles. The summed E-state index contributed by atoms with van der Waals surface area (Å²) in [6.07, 6.45) is 9.09. The molecule has 0 spiro atoms. The Morgan fingerprint density at radius 3 is 2.58 bits per heavy atom. The van der Waals surface area contributed by atoms with Gasteiger partial charge in [0.2, 0.25) is 0 Å². The minimum Gasteiger partial charge on any atom is -0.354 e. The number of nitrogens with zero attached hydrogens (tertiary/aromatic N) is 3. The topological polar surface area (TPSA) is 54.2 Å². The lowest BCUT2D eigenvalue weighted by Gasteiger charge is -2.28. The second kappa shape index (κ2) is 10.5. The molecule has 2 N–H and O–H groups in total. The third-order valence-electron chi connectivity index (χ3n) is 4.91. The molecule has 26 heavy (non-hydrogen) atoms. The maximum atomic E-state index is 4.46. The number of aliphatic imine (C=N–C) groups is 1. The molecule has 2 aromatic rings. The van der Waals surface area contributed by atoms with Crippen LogP contribution in [0.4, 0.5) is 0 Å². The molecule has 1 aliphatic rings. The zero-order valence-corrected chi connectivity index (χ0v) is 18.0. The highest BCUT2D eigenvalue weighted by molar-refractivity contribution is 14.0. The Hall–Kier alpha value is -1.57. The van der Waals surface area contributed by atoms with E-state index in [1.54, 1.807) is 0 Å². The van der Waals surface area contributed by atoms with Crippen LogP contribution in [0.1, 0.15) is 43.7 Å². The van der Waals surface area contributed by atoms with Crippen molar-refractivity contribution in [1.29, 1.82) is 0 Å². The van der Waals surface area contributed by atoms with Crippen molar-refractivity contribution in [1.82, 2.24) is 20.4 Å². The summed E-state index contributed by atoms with van der Waals surface area (Å²) >= 11 is 0. The first-order chi connectivity index (χ1) is 12.2. The number of guanidine groups is 1. The van der Waals surface area contributed by atoms with E-state index in [1.165, 1.54) is 31.2 Å². The van der Waals surface area contributed by atoms with Gasteiger partial charge < -0.3 is 10.6 Å². The molecule has 0 unspecified atom stereocenters. The molecule has 1 saturated carbocycles. The molecule has 0 radical (unpaired) electrons. The van der Waals surface area contributed by atoms with Crippen molar-refractivity contribution >= 4 is 29.9 Å². The van der Waals surface area contributed by atoms with Crippen LogP contribution in [-0.4, -0.2) is 28.8 Å². The Kier molecular flexibility index (Phi) is 8.41. The second-order valence-electron chi connectivity index (χ2n) is 7.06. The predicted octanol–water partition coefficient (Wildman–Crippen LogP) is 3.79. The number of hydrogen-bond acceptors (Lipinski definition) is 2. The number of benzene rings is 1. The summed E-state index contributed by atoms with van der Waals surface area (Å²) in [5.41, 5.74) is 2.42. The number of nitrogens with one attached hydrogen (secondary N) is 2. The highest BCUT2D eigenvalue weighted by atomic mass is 127. The van der Waals surface area contributed by atoms with Gasteiger partial charge in [-0.05, 0) is 37.2 Å². The van der Waals surface area contributed by atoms with Gasteiger partial charge in [-0.1, -0.05) is 37.3 Å². The Bertz CT molecular complexity index is 675. The Labute approximate surface area is 173 Å². The van der Waals surface area contributed by atoms with Gasteiger partial charge in [0, 0.05) is 31.4 Å². The number of aromatic nitrogens is 2. The molecule has 1 aromatic carbocycles. The van der Waals surface area contributed by atoms with Crippen molar-refractivity contribution in [2.24, 2.45) is 10.9 Å². The average Bonchev–Trinajstić information content (AvgIpc) is 3.08. The summed E-state index contributed by atoms with van der Waals surface area (Å²) in [4.78, 5) is 4.36. The van der Waals surface area contributed by atoms with E-state index in [0.29, 0.717) is 6.04 Å². The zero-order chi connectivity index (χ0) is 17.5. The van der Waals surface area contributed by atoms with Crippen LogP contribution in [-0.2, 0) is 13.1 Å². The monoisotopic (exact) mass is 467 g/mol. The summed E-state index contributed by atoms with van der Waals surface area (Å²) in [6, 6.07) is 10.9. The van der Waals surface area contributed by atoms with E-state index >= 15 is 0 Å². The fourth-order valence-corrected chi connectivity index (χ4v) is 3.33. The largest absolute Gasteiger partial charge is 0.354 e. The van der Waals surface area contributed by atoms with Crippen LogP contribution in [0.25, 0.3) is 0 Å². The van der Waals surface area contributed by atoms with Crippen LogP contribution < -0.4 is 10.6 Å². The van der Waals surface area contributed by atoms with Crippen molar-refractivity contribution < 1.29 is 0 Å². The van der Waals surface area contributed by atoms with E-state index < -0.39 is 0 Å². The standard InChI is InChI=1S/C20H29N5.HI/c1-16-8-10-19(11-9-16)24-20(21-2)22-12-18-13-23-25(15-18)14-17-6-4-3-5-7-17;/h3-7,13,15-16,19H,8-12,14H2,1-2H3,(H2,21,22,24);1H. The van der Waals surface area contributed by atoms with Crippen LogP contribution in [0, 0.1) is 5.92 Å². The van der Waals surface area contributed by atoms with E-state index in [0.717, 1.165) is 30.5 Å². The van der Waals surface area contributed by atoms with Gasteiger partial charge in [0.1, 0.15) is 0 Å². The van der Waals surface area contributed by atoms with Gasteiger partial charge in [-0.3, -0.25) is 9.67 Å². The quantitative estimate of drug-likeness (QED) is 0.400. The van der Waals surface area contributed by atoms with Gasteiger partial charge in [0.15, 0.2) is 5.96 Å². The first-order valence-electron chi connectivity index (χ1n) is 9.25. The Morgan fingerprint density at radius 1 is 1.15 bits per heavy atom. The van der Waals surface area contributed by atoms with E-state index in [9.17, 15) is 0 Å². The van der Waals surface area contributed by atoms with Crippen molar-refractivity contribution in [3.05, 3.63) is 53.9 Å². The molecule has 1 aromatic heterocycles. The van der Waals surface area contributed by atoms with Crippen LogP contribution in [0.2, 0.25) is 0 Å². The Morgan fingerprint density at radius 2 is 1.88 bits per heavy atom. The van der Waals surface area contributed by atoms with Gasteiger partial charge >= 0.3 is 0 Å². The minimum atomic E-state index is 0. The van der Waals surface area contributed by atoms with Crippen molar-refractivity contribution in [3.63, 3.8) is 0 Å². The number of halogens is 1. The fourth-order valence-electron chi connectivity index (χ4n) is 3.33. The molecule has 1 fully saturated rings. The molecule has 1 heterocycles. The van der Waals surface area contributed by atoms with E-state index in [2.05, 4.69) is 58.1 Å². The molecular weight excluding hydrogens is 437 g/mol. The van der Waals surface area contributed by atoms with Gasteiger partial charge in [-0.15, -0.1) is 24.0 Å². The highest BCUT2D eigenvalue weighted by Crippen LogP contribution is 2.23. The average molecular weight is 467 g/mol. The molecule has 0 atom stereocenters. The van der Waals surface area contributed by atoms with Gasteiger partial charge in [0.25, 0.3) is 0 Å². The lowest BCUT2D eigenvalue weighted by molar-refractivity contribution is 0.329. The van der Waals surface area contributed by atoms with Crippen LogP contribution in [0.15, 0.2) is 47.7 Å². The Balaban J connectivity index is 0.00000243. The highest BCUT2D eigenvalue weighted by Gasteiger charge is 2.18. The van der Waals surface area contributed by atoms with Crippen molar-refractivity contribution in [2.45, 2.75) is 51.7 Å². The van der Waals surface area contributed by atoms with E-state index in [-0.39, 0.29) is 24.0 Å². The van der Waals surface area contributed by atoms with Crippen molar-refractivity contribution in [2.75, 3.05) is 7.05 Å². The number of hydrogen-bond donors (Lipinski definition) is 2. The first-order valence-corrected chi connectivity index (χ1v) is 9.25. The number of rotatable bonds is 5. The summed E-state index contributed by atoms with van der Waals surface area (Å²) in [5.74, 6) is 1.75. The normalized spacial score (nSPS) is 20.3. The van der Waals surface area contributed by atoms with Gasteiger partial charge in [-0.2, -0.15) is 5.10 Å².